The molecule has 60 heavy (non-hydrogen) atoms. The SMILES string of the molecule is [2H]C([2H])([2H])c1c[c-]c(-c2cc(C([2H])([2H])C(C)(C)C)c(C([2H])([2H])C(C)(C)C)cn2)cc1.[2H]C([2H])([2H])c1cnc(-c2[c-]ccc3c2oc2c3cc(C([2H])([2H])[2H])c3oc4c5ccccc5sc4c32)cc1CC(C)(C)C.[Ir]. The van der Waals surface area contributed by atoms with E-state index in [2.05, 4.69) is 42.9 Å². The molecule has 0 atom stereocenters. The number of thiophene rings is 1. The topological polar surface area (TPSA) is 52.1 Å². The number of aryl methyl sites for hydroxylation is 3. The molecule has 0 aliphatic heterocycles. The molecule has 0 aliphatic carbocycles. The van der Waals surface area contributed by atoms with E-state index in [0.717, 1.165) is 20.2 Å². The Morgan fingerprint density at radius 1 is 0.650 bits per heavy atom. The molecule has 0 spiro atoms. The average Bonchev–Trinajstić information content (AvgIpc) is 3.94. The van der Waals surface area contributed by atoms with Gasteiger partial charge in [-0.25, -0.2) is 0 Å². The standard InChI is InChI=1S/C32H26NO2S.C22H30N.Ir/c1-17-13-23-20-10-8-11-21(24-14-19(15-32(3,4)5)18(2)16-33-24)28(20)35-29(23)26-27(17)34-30-22-9-6-7-12-25(22)36-31(26)30;1-16-8-10-17(11-9-16)20-12-18(13-21(2,3)4)19(15-23-20)14-22(5,6)7;/h6-10,12-14,16H,15H2,1-5H3;8-10,12,15H,13-14H2,1-7H3;/q2*-1;/i1D3,2D3;1D3,13D2,14D2;. The number of rotatable bonds is 5. The summed E-state index contributed by atoms with van der Waals surface area (Å²) in [5.74, 6) is 0. The van der Waals surface area contributed by atoms with Crippen LogP contribution < -0.4 is 0 Å². The number of fused-ring (bicyclic) bond motifs is 9. The van der Waals surface area contributed by atoms with Crippen molar-refractivity contribution in [3.63, 3.8) is 0 Å². The van der Waals surface area contributed by atoms with Crippen LogP contribution in [0.15, 0.2) is 94.0 Å². The van der Waals surface area contributed by atoms with Gasteiger partial charge in [0.2, 0.25) is 0 Å². The molecule has 4 nitrogen and oxygen atoms in total. The Morgan fingerprint density at radius 2 is 1.37 bits per heavy atom. The van der Waals surface area contributed by atoms with Crippen molar-refractivity contribution >= 4 is 64.6 Å². The van der Waals surface area contributed by atoms with Crippen LogP contribution in [-0.2, 0) is 39.3 Å². The van der Waals surface area contributed by atoms with E-state index in [-0.39, 0.29) is 53.3 Å². The van der Waals surface area contributed by atoms with Gasteiger partial charge in [-0.1, -0.05) is 110 Å². The van der Waals surface area contributed by atoms with Crippen LogP contribution in [0.25, 0.3) is 75.8 Å². The second kappa shape index (κ2) is 16.3. The zero-order valence-electron chi connectivity index (χ0n) is 48.2. The van der Waals surface area contributed by atoms with E-state index in [4.69, 9.17) is 26.7 Å². The van der Waals surface area contributed by atoms with Crippen molar-refractivity contribution in [3.8, 4) is 22.5 Å². The number of hydrogen-bond acceptors (Lipinski definition) is 5. The van der Waals surface area contributed by atoms with E-state index in [1.165, 1.54) is 24.5 Å². The Balaban J connectivity index is 0.000000224. The maximum Gasteiger partial charge on any atom is 0.154 e. The molecule has 9 rings (SSSR count). The first-order valence-corrected chi connectivity index (χ1v) is 20.5. The van der Waals surface area contributed by atoms with E-state index in [1.54, 1.807) is 77.1 Å². The van der Waals surface area contributed by atoms with Gasteiger partial charge in [0.05, 0.1) is 15.7 Å². The van der Waals surface area contributed by atoms with Gasteiger partial charge in [0.1, 0.15) is 11.2 Å². The molecule has 0 bridgehead atoms. The second-order valence-corrected chi connectivity index (χ2v) is 19.4. The van der Waals surface area contributed by atoms with Crippen LogP contribution in [0, 0.1) is 48.9 Å². The fourth-order valence-corrected chi connectivity index (χ4v) is 8.47. The van der Waals surface area contributed by atoms with Gasteiger partial charge in [0.25, 0.3) is 0 Å². The summed E-state index contributed by atoms with van der Waals surface area (Å²) >= 11 is 1.54. The maximum absolute atomic E-state index is 8.81. The molecule has 9 aromatic rings. The van der Waals surface area contributed by atoms with Gasteiger partial charge >= 0.3 is 0 Å². The summed E-state index contributed by atoms with van der Waals surface area (Å²) in [7, 11) is 0. The third-order valence-corrected chi connectivity index (χ3v) is 10.8. The first kappa shape index (κ1) is 29.6. The number of benzene rings is 4. The van der Waals surface area contributed by atoms with E-state index < -0.39 is 44.1 Å². The van der Waals surface area contributed by atoms with Crippen molar-refractivity contribution in [3.05, 3.63) is 131 Å². The van der Waals surface area contributed by atoms with Gasteiger partial charge in [0, 0.05) is 65.8 Å². The van der Waals surface area contributed by atoms with E-state index in [0.29, 0.717) is 67.6 Å². The summed E-state index contributed by atoms with van der Waals surface area (Å²) in [6.45, 7) is 9.92. The van der Waals surface area contributed by atoms with E-state index >= 15 is 0 Å². The van der Waals surface area contributed by atoms with Gasteiger partial charge in [-0.3, -0.25) is 0 Å². The largest absolute Gasteiger partial charge is 0.500 e. The minimum absolute atomic E-state index is 0. The van der Waals surface area contributed by atoms with Gasteiger partial charge in [0.15, 0.2) is 5.58 Å². The molecular weight excluding hydrogens is 933 g/mol. The quantitative estimate of drug-likeness (QED) is 0.161. The molecule has 0 aliphatic rings. The monoisotopic (exact) mass is 1000 g/mol. The first-order chi connectivity index (χ1) is 33.0. The van der Waals surface area contributed by atoms with Crippen molar-refractivity contribution in [1.82, 2.24) is 9.97 Å². The van der Waals surface area contributed by atoms with Gasteiger partial charge in [-0.05, 0) is 101 Å². The molecule has 0 fully saturated rings. The van der Waals surface area contributed by atoms with Crippen LogP contribution in [0.5, 0.6) is 0 Å². The van der Waals surface area contributed by atoms with Crippen LogP contribution in [-0.4, -0.2) is 9.97 Å². The molecular formula is C54H56IrN2O2S-2. The number of nitrogens with zero attached hydrogens (tertiary/aromatic N) is 2. The van der Waals surface area contributed by atoms with Crippen molar-refractivity contribution in [2.75, 3.05) is 0 Å². The van der Waals surface area contributed by atoms with E-state index in [1.807, 2.05) is 36.4 Å². The fraction of sp³-hybridized carbons (Fsp3) is 0.333. The van der Waals surface area contributed by atoms with Crippen LogP contribution in [0.4, 0.5) is 0 Å². The minimum atomic E-state index is -2.41. The number of hydrogen-bond donors (Lipinski definition) is 0. The van der Waals surface area contributed by atoms with Gasteiger partial charge in [-0.2, -0.15) is 0 Å². The Bertz CT molecular complexity index is 3530. The summed E-state index contributed by atoms with van der Waals surface area (Å²) in [5, 5.41) is 2.94. The number of furan rings is 2. The zero-order chi connectivity index (χ0) is 53.1. The number of pyridine rings is 2. The molecule has 0 amide bonds. The molecule has 0 unspecified atom stereocenters. The molecule has 311 valence electrons. The summed E-state index contributed by atoms with van der Waals surface area (Å²) in [6, 6.07) is 27.2. The average molecular weight is 1000 g/mol. The van der Waals surface area contributed by atoms with Crippen LogP contribution in [0.3, 0.4) is 0 Å². The first-order valence-electron chi connectivity index (χ1n) is 26.2. The smallest absolute Gasteiger partial charge is 0.154 e. The van der Waals surface area contributed by atoms with Crippen molar-refractivity contribution < 1.29 is 46.8 Å². The van der Waals surface area contributed by atoms with Crippen LogP contribution in [0.2, 0.25) is 0 Å². The van der Waals surface area contributed by atoms with Crippen molar-refractivity contribution in [2.24, 2.45) is 16.2 Å². The Hall–Kier alpha value is -4.61. The fourth-order valence-electron chi connectivity index (χ4n) is 7.30. The molecule has 6 heteroatoms. The zero-order valence-corrected chi connectivity index (χ0v) is 38.5. The third-order valence-electron chi connectivity index (χ3n) is 9.64. The van der Waals surface area contributed by atoms with Crippen molar-refractivity contribution in [2.45, 2.75) is 102 Å². The predicted molar refractivity (Wildman–Crippen MR) is 251 cm³/mol. The molecule has 5 aromatic heterocycles. The second-order valence-electron chi connectivity index (χ2n) is 18.4. The summed E-state index contributed by atoms with van der Waals surface area (Å²) in [5.41, 5.74) is 4.01. The molecule has 5 heterocycles. The molecule has 0 N–H and O–H groups in total. The Kier molecular flexibility index (Phi) is 8.07. The Labute approximate surface area is 391 Å². The Morgan fingerprint density at radius 3 is 2.07 bits per heavy atom. The van der Waals surface area contributed by atoms with Crippen LogP contribution in [0.1, 0.15) is 114 Å². The predicted octanol–water partition coefficient (Wildman–Crippen LogP) is 15.8. The molecule has 1 radical (unpaired) electrons. The summed E-state index contributed by atoms with van der Waals surface area (Å²) in [4.78, 5) is 8.95. The normalized spacial score (nSPS) is 16.7. The van der Waals surface area contributed by atoms with Gasteiger partial charge in [-0.15, -0.1) is 64.9 Å². The molecule has 0 saturated carbocycles. The number of aromatic nitrogens is 2. The molecule has 4 aromatic carbocycles. The van der Waals surface area contributed by atoms with Crippen LogP contribution >= 0.6 is 11.3 Å². The maximum atomic E-state index is 8.81. The van der Waals surface area contributed by atoms with E-state index in [9.17, 15) is 0 Å². The summed E-state index contributed by atoms with van der Waals surface area (Å²) < 4.78 is 121. The van der Waals surface area contributed by atoms with Crippen molar-refractivity contribution in [1.29, 1.82) is 0 Å². The molecule has 0 saturated heterocycles. The summed E-state index contributed by atoms with van der Waals surface area (Å²) in [6.07, 6.45) is -0.266. The minimum Gasteiger partial charge on any atom is -0.500 e. The third kappa shape index (κ3) is 9.03. The van der Waals surface area contributed by atoms with Gasteiger partial charge < -0.3 is 18.8 Å².